The van der Waals surface area contributed by atoms with Gasteiger partial charge in [0.2, 0.25) is 11.8 Å². The molecule has 3 rings (SSSR count). The van der Waals surface area contributed by atoms with E-state index in [9.17, 15) is 9.59 Å². The number of hydrogen-bond acceptors (Lipinski definition) is 4. The van der Waals surface area contributed by atoms with Crippen LogP contribution >= 0.6 is 0 Å². The highest BCUT2D eigenvalue weighted by molar-refractivity contribution is 5.84. The molecular formula is C22H32N4O2. The van der Waals surface area contributed by atoms with E-state index in [0.29, 0.717) is 32.0 Å². The molecule has 1 aromatic carbocycles. The van der Waals surface area contributed by atoms with Crippen molar-refractivity contribution in [2.75, 3.05) is 26.2 Å². The molecule has 1 unspecified atom stereocenters. The molecule has 0 radical (unpaired) electrons. The predicted octanol–water partition coefficient (Wildman–Crippen LogP) is 2.32. The Hall–Kier alpha value is -2.34. The van der Waals surface area contributed by atoms with Crippen LogP contribution in [0.5, 0.6) is 0 Å². The molecule has 0 aliphatic carbocycles. The minimum absolute atomic E-state index is 0.000884. The van der Waals surface area contributed by atoms with Gasteiger partial charge in [-0.2, -0.15) is 0 Å². The first-order chi connectivity index (χ1) is 13.6. The van der Waals surface area contributed by atoms with Crippen LogP contribution in [-0.2, 0) is 16.0 Å². The van der Waals surface area contributed by atoms with Crippen molar-refractivity contribution in [2.45, 2.75) is 52.0 Å². The standard InChI is InChI=1S/C22H32N4O2/c1-3-17-7-9-18(10-8-17)20-11-12-22(28)26(24-20)15-13-21(27)23-16-19-6-5-14-25(19)4-2/h7-11,19,24H,3-6,12-16H2,1-2H3,(H,23,27). The Kier molecular flexibility index (Phi) is 7.09. The predicted molar refractivity (Wildman–Crippen MR) is 111 cm³/mol. The average molecular weight is 385 g/mol. The largest absolute Gasteiger partial charge is 0.354 e. The maximum Gasteiger partial charge on any atom is 0.244 e. The number of carbonyl (C=O) groups excluding carboxylic acids is 2. The molecule has 1 aromatic rings. The number of likely N-dealkylation sites (tertiary alicyclic amines) is 1. The number of hydrazine groups is 1. The third kappa shape index (κ3) is 5.13. The lowest BCUT2D eigenvalue weighted by Gasteiger charge is -2.29. The molecule has 2 amide bonds. The molecule has 0 aromatic heterocycles. The highest BCUT2D eigenvalue weighted by atomic mass is 16.2. The average Bonchev–Trinajstić information content (AvgIpc) is 3.19. The summed E-state index contributed by atoms with van der Waals surface area (Å²) in [5, 5.41) is 4.60. The van der Waals surface area contributed by atoms with E-state index in [-0.39, 0.29) is 11.8 Å². The van der Waals surface area contributed by atoms with Gasteiger partial charge in [0.15, 0.2) is 0 Å². The highest BCUT2D eigenvalue weighted by Gasteiger charge is 2.24. The van der Waals surface area contributed by atoms with Gasteiger partial charge >= 0.3 is 0 Å². The van der Waals surface area contributed by atoms with Crippen molar-refractivity contribution in [2.24, 2.45) is 0 Å². The molecule has 152 valence electrons. The summed E-state index contributed by atoms with van der Waals surface area (Å²) in [6, 6.07) is 8.80. The molecular weight excluding hydrogens is 352 g/mol. The van der Waals surface area contributed by atoms with Crippen LogP contribution in [0.2, 0.25) is 0 Å². The van der Waals surface area contributed by atoms with E-state index in [1.807, 2.05) is 6.08 Å². The molecule has 2 aliphatic rings. The number of hydrogen-bond donors (Lipinski definition) is 2. The van der Waals surface area contributed by atoms with Crippen LogP contribution < -0.4 is 10.7 Å². The second-order valence-electron chi connectivity index (χ2n) is 7.51. The van der Waals surface area contributed by atoms with Crippen LogP contribution in [0.25, 0.3) is 5.70 Å². The van der Waals surface area contributed by atoms with Gasteiger partial charge in [0.25, 0.3) is 0 Å². The fraction of sp³-hybridized carbons (Fsp3) is 0.545. The van der Waals surface area contributed by atoms with Crippen molar-refractivity contribution in [1.29, 1.82) is 0 Å². The lowest BCUT2D eigenvalue weighted by atomic mass is 10.1. The topological polar surface area (TPSA) is 64.7 Å². The summed E-state index contributed by atoms with van der Waals surface area (Å²) in [4.78, 5) is 26.9. The Morgan fingerprint density at radius 1 is 1.25 bits per heavy atom. The van der Waals surface area contributed by atoms with Crippen molar-refractivity contribution in [1.82, 2.24) is 20.7 Å². The number of amides is 2. The third-order valence-electron chi connectivity index (χ3n) is 5.71. The normalized spacial score (nSPS) is 20.1. The van der Waals surface area contributed by atoms with Crippen LogP contribution in [-0.4, -0.2) is 53.9 Å². The molecule has 1 saturated heterocycles. The highest BCUT2D eigenvalue weighted by Crippen LogP contribution is 2.19. The molecule has 0 spiro atoms. The number of carbonyl (C=O) groups is 2. The lowest BCUT2D eigenvalue weighted by molar-refractivity contribution is -0.133. The van der Waals surface area contributed by atoms with E-state index in [1.165, 1.54) is 12.0 Å². The van der Waals surface area contributed by atoms with Crippen molar-refractivity contribution < 1.29 is 9.59 Å². The van der Waals surface area contributed by atoms with Crippen LogP contribution in [0, 0.1) is 0 Å². The summed E-state index contributed by atoms with van der Waals surface area (Å²) >= 11 is 0. The fourth-order valence-corrected chi connectivity index (χ4v) is 3.91. The number of nitrogens with zero attached hydrogens (tertiary/aromatic N) is 2. The summed E-state index contributed by atoms with van der Waals surface area (Å²) in [6.07, 6.45) is 5.93. The second kappa shape index (κ2) is 9.73. The Morgan fingerprint density at radius 3 is 2.75 bits per heavy atom. The molecule has 2 heterocycles. The number of benzene rings is 1. The molecule has 0 bridgehead atoms. The number of likely N-dealkylation sites (N-methyl/N-ethyl adjacent to an activating group) is 1. The van der Waals surface area contributed by atoms with Gasteiger partial charge < -0.3 is 5.32 Å². The summed E-state index contributed by atoms with van der Waals surface area (Å²) in [5.74, 6) is -0.00404. The third-order valence-corrected chi connectivity index (χ3v) is 5.71. The van der Waals surface area contributed by atoms with Gasteiger partial charge in [-0.15, -0.1) is 0 Å². The zero-order valence-electron chi connectivity index (χ0n) is 17.0. The Balaban J connectivity index is 1.47. The van der Waals surface area contributed by atoms with Gasteiger partial charge in [-0.25, -0.2) is 0 Å². The van der Waals surface area contributed by atoms with E-state index in [2.05, 4.69) is 53.8 Å². The molecule has 2 N–H and O–H groups in total. The van der Waals surface area contributed by atoms with Gasteiger partial charge in [0.1, 0.15) is 0 Å². The first-order valence-corrected chi connectivity index (χ1v) is 10.5. The smallest absolute Gasteiger partial charge is 0.244 e. The van der Waals surface area contributed by atoms with Gasteiger partial charge in [-0.05, 0) is 49.6 Å². The SMILES string of the molecule is CCc1ccc(C2=CCC(=O)N(CCC(=O)NCC3CCCN3CC)N2)cc1. The minimum atomic E-state index is -0.00493. The van der Waals surface area contributed by atoms with Crippen molar-refractivity contribution in [3.8, 4) is 0 Å². The van der Waals surface area contributed by atoms with Gasteiger partial charge in [0, 0.05) is 25.4 Å². The Labute approximate surface area is 167 Å². The number of rotatable bonds is 8. The maximum atomic E-state index is 12.3. The Bertz CT molecular complexity index is 714. The molecule has 2 aliphatic heterocycles. The second-order valence-corrected chi connectivity index (χ2v) is 7.51. The van der Waals surface area contributed by atoms with Crippen LogP contribution in [0.1, 0.15) is 50.7 Å². The molecule has 6 nitrogen and oxygen atoms in total. The fourth-order valence-electron chi connectivity index (χ4n) is 3.91. The maximum absolute atomic E-state index is 12.3. The van der Waals surface area contributed by atoms with Crippen LogP contribution in [0.4, 0.5) is 0 Å². The molecule has 1 fully saturated rings. The van der Waals surface area contributed by atoms with Gasteiger partial charge in [-0.3, -0.25) is 24.9 Å². The zero-order valence-corrected chi connectivity index (χ0v) is 17.0. The molecule has 1 atom stereocenters. The van der Waals surface area contributed by atoms with Crippen molar-refractivity contribution in [3.05, 3.63) is 41.5 Å². The molecule has 6 heteroatoms. The molecule has 0 saturated carbocycles. The van der Waals surface area contributed by atoms with Crippen LogP contribution in [0.15, 0.2) is 30.3 Å². The van der Waals surface area contributed by atoms with Crippen molar-refractivity contribution in [3.63, 3.8) is 0 Å². The summed E-state index contributed by atoms with van der Waals surface area (Å²) < 4.78 is 0. The quantitative estimate of drug-likeness (QED) is 0.722. The van der Waals surface area contributed by atoms with E-state index in [4.69, 9.17) is 0 Å². The summed E-state index contributed by atoms with van der Waals surface area (Å²) in [7, 11) is 0. The molecule has 28 heavy (non-hydrogen) atoms. The zero-order chi connectivity index (χ0) is 19.9. The first-order valence-electron chi connectivity index (χ1n) is 10.5. The summed E-state index contributed by atoms with van der Waals surface area (Å²) in [5.41, 5.74) is 6.45. The van der Waals surface area contributed by atoms with E-state index in [1.54, 1.807) is 5.01 Å². The number of nitrogens with one attached hydrogen (secondary N) is 2. The first kappa shape index (κ1) is 20.4. The minimum Gasteiger partial charge on any atom is -0.354 e. The number of aryl methyl sites for hydroxylation is 1. The van der Waals surface area contributed by atoms with E-state index < -0.39 is 0 Å². The van der Waals surface area contributed by atoms with Crippen molar-refractivity contribution >= 4 is 17.5 Å². The van der Waals surface area contributed by atoms with Gasteiger partial charge in [-0.1, -0.05) is 38.1 Å². The van der Waals surface area contributed by atoms with E-state index in [0.717, 1.165) is 37.2 Å². The van der Waals surface area contributed by atoms with E-state index >= 15 is 0 Å². The monoisotopic (exact) mass is 384 g/mol. The Morgan fingerprint density at radius 2 is 2.04 bits per heavy atom. The van der Waals surface area contributed by atoms with Gasteiger partial charge in [0.05, 0.1) is 12.2 Å². The van der Waals surface area contributed by atoms with Crippen LogP contribution in [0.3, 0.4) is 0 Å². The summed E-state index contributed by atoms with van der Waals surface area (Å²) in [6.45, 7) is 7.51. The lowest BCUT2D eigenvalue weighted by Crippen LogP contribution is -2.46.